The lowest BCUT2D eigenvalue weighted by atomic mass is 9.74. The third-order valence-corrected chi connectivity index (χ3v) is 3.91. The van der Waals surface area contributed by atoms with Crippen LogP contribution in [-0.2, 0) is 0 Å². The molecule has 2 nitrogen and oxygen atoms in total. The van der Waals surface area contributed by atoms with Crippen molar-refractivity contribution in [2.45, 2.75) is 35.5 Å². The lowest BCUT2D eigenvalue weighted by Gasteiger charge is -2.48. The van der Waals surface area contributed by atoms with Crippen molar-refractivity contribution >= 4 is 11.1 Å². The third kappa shape index (κ3) is 1.85. The molecule has 0 spiro atoms. The molecule has 2 aromatic rings. The van der Waals surface area contributed by atoms with Crippen molar-refractivity contribution in [3.63, 3.8) is 0 Å². The minimum absolute atomic E-state index is 0.381. The fraction of sp³-hybridized carbons (Fsp3) is 0.462. The van der Waals surface area contributed by atoms with E-state index in [0.29, 0.717) is 0 Å². The number of nitrogens with zero attached hydrogens (tertiary/aromatic N) is 1. The average molecular weight is 381 g/mol. The molecule has 12 heteroatoms. The molecule has 1 fully saturated rings. The first-order valence-corrected chi connectivity index (χ1v) is 6.44. The van der Waals surface area contributed by atoms with Gasteiger partial charge in [0, 0.05) is 0 Å². The predicted octanol–water partition coefficient (Wildman–Crippen LogP) is 5.10. The Bertz CT molecular complexity index is 764. The van der Waals surface area contributed by atoms with E-state index in [1.165, 1.54) is 12.1 Å². The molecule has 1 aromatic heterocycles. The summed E-state index contributed by atoms with van der Waals surface area (Å²) in [6.45, 7) is 0. The second-order valence-corrected chi connectivity index (χ2v) is 5.42. The summed E-state index contributed by atoms with van der Waals surface area (Å²) in [6.07, 6.45) is 0. The topological polar surface area (TPSA) is 26.0 Å². The largest absolute Gasteiger partial charge is 0.440 e. The highest BCUT2D eigenvalue weighted by Crippen LogP contribution is 2.69. The van der Waals surface area contributed by atoms with Crippen LogP contribution in [0.1, 0.15) is 11.8 Å². The van der Waals surface area contributed by atoms with Crippen molar-refractivity contribution in [1.29, 1.82) is 0 Å². The van der Waals surface area contributed by atoms with Gasteiger partial charge in [0.15, 0.2) is 11.5 Å². The zero-order chi connectivity index (χ0) is 19.1. The Morgan fingerprint density at radius 2 is 1.20 bits per heavy atom. The molecule has 1 aromatic carbocycles. The van der Waals surface area contributed by atoms with Crippen LogP contribution in [0.25, 0.3) is 11.1 Å². The standard InChI is InChI=1S/C13H5F10NO/c14-9(15)7(8-24-5-3-1-2-4-6(5)25-8)10(16,17)12(20,21)13(22,23)11(9,18)19/h1-4,7H. The molecule has 0 unspecified atom stereocenters. The van der Waals surface area contributed by atoms with Gasteiger partial charge in [0.2, 0.25) is 5.89 Å². The number of hydrogen-bond donors (Lipinski definition) is 0. The van der Waals surface area contributed by atoms with Gasteiger partial charge in [0.05, 0.1) is 0 Å². The van der Waals surface area contributed by atoms with Crippen molar-refractivity contribution in [3.8, 4) is 0 Å². The van der Waals surface area contributed by atoms with Crippen LogP contribution in [0.5, 0.6) is 0 Å². The maximum absolute atomic E-state index is 13.9. The highest BCUT2D eigenvalue weighted by Gasteiger charge is 2.96. The van der Waals surface area contributed by atoms with Crippen LogP contribution in [0.4, 0.5) is 43.9 Å². The lowest BCUT2D eigenvalue weighted by molar-refractivity contribution is -0.452. The first-order valence-electron chi connectivity index (χ1n) is 6.44. The van der Waals surface area contributed by atoms with Gasteiger partial charge in [-0.15, -0.1) is 0 Å². The van der Waals surface area contributed by atoms with E-state index in [2.05, 4.69) is 9.40 Å². The summed E-state index contributed by atoms with van der Waals surface area (Å²) in [6, 6.07) is 4.51. The third-order valence-electron chi connectivity index (χ3n) is 3.91. The van der Waals surface area contributed by atoms with Crippen LogP contribution >= 0.6 is 0 Å². The Kier molecular flexibility index (Phi) is 3.26. The molecule has 0 bridgehead atoms. The fourth-order valence-corrected chi connectivity index (χ4v) is 2.53. The number of oxazole rings is 1. The fourth-order valence-electron chi connectivity index (χ4n) is 2.53. The van der Waals surface area contributed by atoms with Crippen LogP contribution in [0.3, 0.4) is 0 Å². The van der Waals surface area contributed by atoms with E-state index in [1.807, 2.05) is 0 Å². The van der Waals surface area contributed by atoms with Gasteiger partial charge < -0.3 is 4.42 Å². The molecule has 0 atom stereocenters. The minimum Gasteiger partial charge on any atom is -0.440 e. The Morgan fingerprint density at radius 3 is 1.68 bits per heavy atom. The molecule has 138 valence electrons. The average Bonchev–Trinajstić information content (AvgIpc) is 2.87. The molecule has 0 saturated heterocycles. The van der Waals surface area contributed by atoms with Crippen LogP contribution in [0.15, 0.2) is 28.7 Å². The quantitative estimate of drug-likeness (QED) is 0.643. The summed E-state index contributed by atoms with van der Waals surface area (Å²) < 4.78 is 140. The van der Waals surface area contributed by atoms with E-state index in [0.717, 1.165) is 12.1 Å². The predicted molar refractivity (Wildman–Crippen MR) is 61.5 cm³/mol. The van der Waals surface area contributed by atoms with Gasteiger partial charge in [0.25, 0.3) is 0 Å². The van der Waals surface area contributed by atoms with Crippen LogP contribution in [0.2, 0.25) is 0 Å². The number of aromatic nitrogens is 1. The summed E-state index contributed by atoms with van der Waals surface area (Å²) in [4.78, 5) is 3.07. The number of hydrogen-bond acceptors (Lipinski definition) is 2. The van der Waals surface area contributed by atoms with E-state index >= 15 is 0 Å². The summed E-state index contributed by atoms with van der Waals surface area (Å²) >= 11 is 0. The molecule has 1 heterocycles. The van der Waals surface area contributed by atoms with Gasteiger partial charge in [-0.1, -0.05) is 12.1 Å². The van der Waals surface area contributed by atoms with Crippen molar-refractivity contribution in [2.24, 2.45) is 0 Å². The number of rotatable bonds is 1. The highest BCUT2D eigenvalue weighted by molar-refractivity contribution is 5.72. The molecule has 0 aliphatic heterocycles. The molecule has 0 radical (unpaired) electrons. The molecule has 1 aliphatic rings. The maximum atomic E-state index is 13.9. The van der Waals surface area contributed by atoms with Gasteiger partial charge >= 0.3 is 29.6 Å². The minimum atomic E-state index is -7.00. The van der Waals surface area contributed by atoms with Gasteiger partial charge in [-0.2, -0.15) is 43.9 Å². The smallest absolute Gasteiger partial charge is 0.384 e. The number of halogens is 10. The van der Waals surface area contributed by atoms with Crippen molar-refractivity contribution in [2.75, 3.05) is 0 Å². The normalized spacial score (nSPS) is 26.6. The van der Waals surface area contributed by atoms with E-state index in [1.54, 1.807) is 0 Å². The van der Waals surface area contributed by atoms with Gasteiger partial charge in [-0.05, 0) is 12.1 Å². The van der Waals surface area contributed by atoms with Gasteiger partial charge in [-0.25, -0.2) is 4.98 Å². The first-order chi connectivity index (χ1) is 11.2. The Morgan fingerprint density at radius 1 is 0.720 bits per heavy atom. The Hall–Kier alpha value is -2.01. The zero-order valence-corrected chi connectivity index (χ0v) is 11.5. The molecule has 0 N–H and O–H groups in total. The number of alkyl halides is 10. The molecule has 25 heavy (non-hydrogen) atoms. The molecule has 1 aliphatic carbocycles. The Labute approximate surface area is 131 Å². The van der Waals surface area contributed by atoms with Crippen LogP contribution in [0, 0.1) is 0 Å². The van der Waals surface area contributed by atoms with Crippen molar-refractivity contribution in [3.05, 3.63) is 30.2 Å². The highest BCUT2D eigenvalue weighted by atomic mass is 19.4. The SMILES string of the molecule is FC1(F)C(c2nc3ccccc3o2)C(F)(F)C(F)(F)C(F)(F)C1(F)F. The molecule has 3 rings (SSSR count). The summed E-state index contributed by atoms with van der Waals surface area (Å²) in [7, 11) is 0. The second kappa shape index (κ2) is 4.58. The first kappa shape index (κ1) is 17.8. The van der Waals surface area contributed by atoms with E-state index in [4.69, 9.17) is 0 Å². The summed E-state index contributed by atoms with van der Waals surface area (Å²) in [5, 5.41) is 0. The molecule has 0 amide bonds. The maximum Gasteiger partial charge on any atom is 0.384 e. The lowest BCUT2D eigenvalue weighted by Crippen LogP contribution is -2.76. The second-order valence-electron chi connectivity index (χ2n) is 5.42. The van der Waals surface area contributed by atoms with E-state index < -0.39 is 47.0 Å². The van der Waals surface area contributed by atoms with Gasteiger partial charge in [-0.3, -0.25) is 0 Å². The van der Waals surface area contributed by atoms with Gasteiger partial charge in [0.1, 0.15) is 5.52 Å². The number of para-hydroxylation sites is 2. The van der Waals surface area contributed by atoms with Crippen molar-refractivity contribution in [1.82, 2.24) is 4.98 Å². The Balaban J connectivity index is 2.30. The van der Waals surface area contributed by atoms with Crippen LogP contribution in [-0.4, -0.2) is 34.6 Å². The molecular weight excluding hydrogens is 376 g/mol. The summed E-state index contributed by atoms with van der Waals surface area (Å²) in [5.74, 6) is -39.4. The van der Waals surface area contributed by atoms with E-state index in [9.17, 15) is 43.9 Å². The monoisotopic (exact) mass is 381 g/mol. The number of benzene rings is 1. The summed E-state index contributed by atoms with van der Waals surface area (Å²) in [5.41, 5.74) is -0.832. The molecular formula is C13H5F10NO. The van der Waals surface area contributed by atoms with Crippen molar-refractivity contribution < 1.29 is 48.3 Å². The van der Waals surface area contributed by atoms with E-state index in [-0.39, 0.29) is 5.52 Å². The molecule has 1 saturated carbocycles. The zero-order valence-electron chi connectivity index (χ0n) is 11.5. The number of fused-ring (bicyclic) bond motifs is 1. The van der Waals surface area contributed by atoms with Crippen LogP contribution < -0.4 is 0 Å².